The van der Waals surface area contributed by atoms with E-state index in [1.54, 1.807) is 7.11 Å². The molecule has 0 N–H and O–H groups in total. The number of hydrogen-bond donors (Lipinski definition) is 0. The van der Waals surface area contributed by atoms with Gasteiger partial charge >= 0.3 is 0 Å². The number of nitriles is 1. The van der Waals surface area contributed by atoms with E-state index in [4.69, 9.17) is 10.00 Å². The number of Topliss-reactive ketones (excluding diaryl/α,β-unsaturated/α-hetero) is 1. The Balaban J connectivity index is 2.34. The lowest BCUT2D eigenvalue weighted by Gasteiger charge is -2.07. The van der Waals surface area contributed by atoms with Gasteiger partial charge in [-0.15, -0.1) is 11.3 Å². The Kier molecular flexibility index (Phi) is 5.77. The summed E-state index contributed by atoms with van der Waals surface area (Å²) in [5.74, 6) is 0.917. The molecule has 0 spiro atoms. The molecule has 0 bridgehead atoms. The SMILES string of the molecule is COc1cc2sc(C(=O)CCC#N)cc2cc1CCCBr. The summed E-state index contributed by atoms with van der Waals surface area (Å²) in [4.78, 5) is 12.7. The second kappa shape index (κ2) is 7.58. The molecule has 0 unspecified atom stereocenters. The van der Waals surface area contributed by atoms with Crippen LogP contribution in [0.5, 0.6) is 5.75 Å². The van der Waals surface area contributed by atoms with Gasteiger partial charge in [0.15, 0.2) is 5.78 Å². The molecule has 0 saturated carbocycles. The number of alkyl halides is 1. The predicted molar refractivity (Wildman–Crippen MR) is 89.7 cm³/mol. The molecule has 0 aliphatic rings. The zero-order valence-corrected chi connectivity index (χ0v) is 14.2. The van der Waals surface area contributed by atoms with Gasteiger partial charge in [-0.2, -0.15) is 5.26 Å². The van der Waals surface area contributed by atoms with Crippen LogP contribution in [0.25, 0.3) is 10.1 Å². The molecular formula is C16H16BrNO2S. The van der Waals surface area contributed by atoms with Gasteiger partial charge in [0.25, 0.3) is 0 Å². The molecule has 0 fully saturated rings. The average Bonchev–Trinajstić information content (AvgIpc) is 2.92. The van der Waals surface area contributed by atoms with Crippen molar-refractivity contribution in [2.24, 2.45) is 0 Å². The number of hydrogen-bond acceptors (Lipinski definition) is 4. The van der Waals surface area contributed by atoms with E-state index in [0.717, 1.165) is 38.9 Å². The minimum atomic E-state index is 0.0405. The first-order valence-corrected chi connectivity index (χ1v) is 8.70. The van der Waals surface area contributed by atoms with E-state index in [9.17, 15) is 4.79 Å². The third-order valence-corrected chi connectivity index (χ3v) is 4.94. The van der Waals surface area contributed by atoms with Crippen LogP contribution in [-0.4, -0.2) is 18.2 Å². The lowest BCUT2D eigenvalue weighted by Crippen LogP contribution is -1.94. The summed E-state index contributed by atoms with van der Waals surface area (Å²) in [5.41, 5.74) is 1.17. The predicted octanol–water partition coefficient (Wildman–Crippen LogP) is 4.72. The lowest BCUT2D eigenvalue weighted by molar-refractivity contribution is 0.0988. The average molecular weight is 366 g/mol. The highest BCUT2D eigenvalue weighted by Gasteiger charge is 2.13. The molecule has 3 nitrogen and oxygen atoms in total. The topological polar surface area (TPSA) is 50.1 Å². The molecule has 110 valence electrons. The van der Waals surface area contributed by atoms with Gasteiger partial charge in [0.2, 0.25) is 0 Å². The second-order valence-electron chi connectivity index (χ2n) is 4.69. The summed E-state index contributed by atoms with van der Waals surface area (Å²) in [6.45, 7) is 0. The number of ether oxygens (including phenoxy) is 1. The van der Waals surface area contributed by atoms with Gasteiger partial charge in [-0.1, -0.05) is 15.9 Å². The Morgan fingerprint density at radius 3 is 2.90 bits per heavy atom. The van der Waals surface area contributed by atoms with Crippen LogP contribution >= 0.6 is 27.3 Å². The third-order valence-electron chi connectivity index (χ3n) is 3.24. The first kappa shape index (κ1) is 16.0. The monoisotopic (exact) mass is 365 g/mol. The maximum Gasteiger partial charge on any atom is 0.173 e. The van der Waals surface area contributed by atoms with Gasteiger partial charge < -0.3 is 4.74 Å². The van der Waals surface area contributed by atoms with Crippen molar-refractivity contribution in [2.45, 2.75) is 25.7 Å². The van der Waals surface area contributed by atoms with Gasteiger partial charge in [-0.05, 0) is 42.0 Å². The number of halogens is 1. The van der Waals surface area contributed by atoms with Crippen LogP contribution in [0.4, 0.5) is 0 Å². The van der Waals surface area contributed by atoms with Crippen molar-refractivity contribution in [1.29, 1.82) is 5.26 Å². The molecule has 0 saturated heterocycles. The van der Waals surface area contributed by atoms with Crippen molar-refractivity contribution in [1.82, 2.24) is 0 Å². The van der Waals surface area contributed by atoms with Crippen LogP contribution in [0.2, 0.25) is 0 Å². The van der Waals surface area contributed by atoms with Crippen molar-refractivity contribution in [3.8, 4) is 11.8 Å². The van der Waals surface area contributed by atoms with Crippen LogP contribution in [-0.2, 0) is 6.42 Å². The maximum absolute atomic E-state index is 12.0. The van der Waals surface area contributed by atoms with Crippen LogP contribution in [0.3, 0.4) is 0 Å². The second-order valence-corrected chi connectivity index (χ2v) is 6.56. The maximum atomic E-state index is 12.0. The van der Waals surface area contributed by atoms with E-state index in [1.165, 1.54) is 16.9 Å². The minimum absolute atomic E-state index is 0.0405. The molecule has 21 heavy (non-hydrogen) atoms. The van der Waals surface area contributed by atoms with E-state index in [1.807, 2.05) is 18.2 Å². The zero-order valence-electron chi connectivity index (χ0n) is 11.8. The standard InChI is InChI=1S/C16H16BrNO2S/c1-20-14-10-15-12(8-11(14)4-2-6-17)9-16(21-15)13(19)5-3-7-18/h8-10H,2-6H2,1H3. The first-order valence-electron chi connectivity index (χ1n) is 6.76. The number of benzene rings is 1. The highest BCUT2D eigenvalue weighted by Crippen LogP contribution is 2.33. The minimum Gasteiger partial charge on any atom is -0.496 e. The summed E-state index contributed by atoms with van der Waals surface area (Å²) < 4.78 is 6.50. The highest BCUT2D eigenvalue weighted by molar-refractivity contribution is 9.09. The van der Waals surface area contributed by atoms with E-state index in [0.29, 0.717) is 0 Å². The van der Waals surface area contributed by atoms with Crippen LogP contribution < -0.4 is 4.74 Å². The molecule has 1 aromatic carbocycles. The van der Waals surface area contributed by atoms with Gasteiger partial charge in [0.05, 0.1) is 18.1 Å². The molecule has 5 heteroatoms. The van der Waals surface area contributed by atoms with E-state index >= 15 is 0 Å². The van der Waals surface area contributed by atoms with Crippen molar-refractivity contribution < 1.29 is 9.53 Å². The molecule has 2 rings (SSSR count). The third kappa shape index (κ3) is 3.84. The molecule has 0 atom stereocenters. The molecule has 0 radical (unpaired) electrons. The number of carbonyl (C=O) groups excluding carboxylic acids is 1. The Hall–Kier alpha value is -1.38. The van der Waals surface area contributed by atoms with Crippen LogP contribution in [0, 0.1) is 11.3 Å². The Morgan fingerprint density at radius 1 is 1.43 bits per heavy atom. The number of methoxy groups -OCH3 is 1. The molecule has 0 aliphatic carbocycles. The number of nitrogens with zero attached hydrogens (tertiary/aromatic N) is 1. The van der Waals surface area contributed by atoms with Crippen LogP contribution in [0.1, 0.15) is 34.5 Å². The normalized spacial score (nSPS) is 10.5. The zero-order chi connectivity index (χ0) is 15.2. The number of fused-ring (bicyclic) bond motifs is 1. The smallest absolute Gasteiger partial charge is 0.173 e. The summed E-state index contributed by atoms with van der Waals surface area (Å²) in [7, 11) is 1.67. The quantitative estimate of drug-likeness (QED) is 0.526. The van der Waals surface area contributed by atoms with Crippen molar-refractivity contribution in [2.75, 3.05) is 12.4 Å². The fourth-order valence-electron chi connectivity index (χ4n) is 2.19. The number of aryl methyl sites for hydroxylation is 1. The summed E-state index contributed by atoms with van der Waals surface area (Å²) in [6.07, 6.45) is 2.54. The van der Waals surface area contributed by atoms with Gasteiger partial charge in [-0.25, -0.2) is 0 Å². The number of carbonyl (C=O) groups is 1. The highest BCUT2D eigenvalue weighted by atomic mass is 79.9. The van der Waals surface area contributed by atoms with Crippen molar-refractivity contribution >= 4 is 43.1 Å². The van der Waals surface area contributed by atoms with Gasteiger partial charge in [0.1, 0.15) is 5.75 Å². The molecular weight excluding hydrogens is 350 g/mol. The van der Waals surface area contributed by atoms with Gasteiger partial charge in [0, 0.05) is 22.9 Å². The number of thiophene rings is 1. The Labute approximate surface area is 136 Å². The molecule has 1 aromatic heterocycles. The molecule has 0 aliphatic heterocycles. The van der Waals surface area contributed by atoms with E-state index in [-0.39, 0.29) is 18.6 Å². The number of ketones is 1. The van der Waals surface area contributed by atoms with Crippen LogP contribution in [0.15, 0.2) is 18.2 Å². The van der Waals surface area contributed by atoms with Crippen molar-refractivity contribution in [3.05, 3.63) is 28.6 Å². The van der Waals surface area contributed by atoms with Gasteiger partial charge in [-0.3, -0.25) is 4.79 Å². The summed E-state index contributed by atoms with van der Waals surface area (Å²) in [6, 6.07) is 8.05. The fraction of sp³-hybridized carbons (Fsp3) is 0.375. The largest absolute Gasteiger partial charge is 0.496 e. The molecule has 1 heterocycles. The molecule has 2 aromatic rings. The summed E-state index contributed by atoms with van der Waals surface area (Å²) in [5, 5.41) is 10.6. The van der Waals surface area contributed by atoms with E-state index in [2.05, 4.69) is 22.0 Å². The fourth-order valence-corrected chi connectivity index (χ4v) is 3.51. The Morgan fingerprint density at radius 2 is 2.24 bits per heavy atom. The van der Waals surface area contributed by atoms with E-state index < -0.39 is 0 Å². The summed E-state index contributed by atoms with van der Waals surface area (Å²) >= 11 is 4.91. The lowest BCUT2D eigenvalue weighted by atomic mass is 10.1. The molecule has 0 amide bonds. The van der Waals surface area contributed by atoms with Crippen molar-refractivity contribution in [3.63, 3.8) is 0 Å². The Bertz CT molecular complexity index is 687. The first-order chi connectivity index (χ1) is 10.2. The number of rotatable bonds is 7.